The van der Waals surface area contributed by atoms with Gasteiger partial charge in [0, 0.05) is 5.56 Å². The minimum atomic E-state index is -0.847. The molecular formula is C31H41NO7. The maximum atomic E-state index is 13.0. The number of ether oxygens (including phenoxy) is 4. The summed E-state index contributed by atoms with van der Waals surface area (Å²) in [5.41, 5.74) is -0.877. The first-order valence-corrected chi connectivity index (χ1v) is 13.3. The van der Waals surface area contributed by atoms with E-state index in [4.69, 9.17) is 18.9 Å². The molecule has 0 saturated heterocycles. The van der Waals surface area contributed by atoms with E-state index in [9.17, 15) is 14.4 Å². The lowest BCUT2D eigenvalue weighted by atomic mass is 10.2. The van der Waals surface area contributed by atoms with Crippen molar-refractivity contribution in [3.8, 4) is 11.5 Å². The average Bonchev–Trinajstić information content (AvgIpc) is 2.82. The molecule has 0 aliphatic rings. The van der Waals surface area contributed by atoms with E-state index in [1.807, 2.05) is 0 Å². The second-order valence-electron chi connectivity index (χ2n) is 11.0. The van der Waals surface area contributed by atoms with Crippen LogP contribution in [0.1, 0.15) is 84.5 Å². The third-order valence-electron chi connectivity index (χ3n) is 4.99. The number of nitrogens with one attached hydrogen (secondary N) is 1. The van der Waals surface area contributed by atoms with Gasteiger partial charge in [-0.1, -0.05) is 38.3 Å². The van der Waals surface area contributed by atoms with Crippen LogP contribution in [0.25, 0.3) is 0 Å². The molecule has 0 atom stereocenters. The molecule has 0 spiro atoms. The molecule has 2 aromatic carbocycles. The molecule has 2 aromatic rings. The maximum absolute atomic E-state index is 13.0. The summed E-state index contributed by atoms with van der Waals surface area (Å²) in [5, 5.41) is 2.80. The number of anilines is 1. The Kier molecular flexibility index (Phi) is 11.6. The molecule has 0 bridgehead atoms. The Hall–Kier alpha value is -3.81. The Morgan fingerprint density at radius 1 is 0.821 bits per heavy atom. The molecule has 0 aromatic heterocycles. The number of hydrogen-bond donors (Lipinski definition) is 1. The van der Waals surface area contributed by atoms with Crippen molar-refractivity contribution in [1.82, 2.24) is 0 Å². The fourth-order valence-electron chi connectivity index (χ4n) is 3.29. The molecule has 0 fully saturated rings. The normalized spacial score (nSPS) is 11.9. The molecule has 8 nitrogen and oxygen atoms in total. The summed E-state index contributed by atoms with van der Waals surface area (Å²) in [4.78, 5) is 38.3. The third-order valence-corrected chi connectivity index (χ3v) is 4.99. The molecule has 1 N–H and O–H groups in total. The van der Waals surface area contributed by atoms with Crippen LogP contribution in [-0.4, -0.2) is 35.7 Å². The van der Waals surface area contributed by atoms with Crippen LogP contribution < -0.4 is 14.8 Å². The Morgan fingerprint density at radius 2 is 1.46 bits per heavy atom. The minimum absolute atomic E-state index is 0.151. The summed E-state index contributed by atoms with van der Waals surface area (Å²) in [7, 11) is 0. The van der Waals surface area contributed by atoms with Crippen LogP contribution in [0.2, 0.25) is 0 Å². The largest absolute Gasteiger partial charge is 0.494 e. The fourth-order valence-corrected chi connectivity index (χ4v) is 3.29. The third kappa shape index (κ3) is 12.1. The maximum Gasteiger partial charge on any atom is 0.375 e. The number of carbonyl (C=O) groups excluding carboxylic acids is 3. The zero-order valence-electron chi connectivity index (χ0n) is 24.1. The zero-order valence-corrected chi connectivity index (χ0v) is 24.1. The monoisotopic (exact) mass is 539 g/mol. The molecule has 0 radical (unpaired) electrons. The molecular weight excluding hydrogens is 498 g/mol. The van der Waals surface area contributed by atoms with Crippen molar-refractivity contribution in [2.45, 2.75) is 85.4 Å². The van der Waals surface area contributed by atoms with Crippen molar-refractivity contribution >= 4 is 23.5 Å². The van der Waals surface area contributed by atoms with E-state index in [-0.39, 0.29) is 17.4 Å². The lowest BCUT2D eigenvalue weighted by Gasteiger charge is -2.22. The van der Waals surface area contributed by atoms with Gasteiger partial charge in [0.15, 0.2) is 5.75 Å². The van der Waals surface area contributed by atoms with E-state index in [2.05, 4.69) is 12.2 Å². The first-order chi connectivity index (χ1) is 18.3. The number of hydrogen-bond acceptors (Lipinski definition) is 7. The number of rotatable bonds is 12. The molecule has 0 heterocycles. The predicted octanol–water partition coefficient (Wildman–Crippen LogP) is 6.84. The van der Waals surface area contributed by atoms with Crippen LogP contribution in [-0.2, 0) is 19.1 Å². The fraction of sp³-hybridized carbons (Fsp3) is 0.452. The molecule has 0 aliphatic carbocycles. The first kappa shape index (κ1) is 31.4. The lowest BCUT2D eigenvalue weighted by Crippen LogP contribution is -2.28. The Labute approximate surface area is 231 Å². The molecule has 0 aliphatic heterocycles. The summed E-state index contributed by atoms with van der Waals surface area (Å²) >= 11 is 0. The van der Waals surface area contributed by atoms with Gasteiger partial charge < -0.3 is 24.3 Å². The molecule has 8 heteroatoms. The molecule has 212 valence electrons. The highest BCUT2D eigenvalue weighted by Gasteiger charge is 2.25. The highest BCUT2D eigenvalue weighted by atomic mass is 16.6. The van der Waals surface area contributed by atoms with E-state index in [0.29, 0.717) is 23.6 Å². The van der Waals surface area contributed by atoms with Crippen molar-refractivity contribution in [3.05, 3.63) is 65.9 Å². The zero-order chi connectivity index (χ0) is 29.1. The van der Waals surface area contributed by atoms with Crippen molar-refractivity contribution in [2.24, 2.45) is 0 Å². The quantitative estimate of drug-likeness (QED) is 0.136. The van der Waals surface area contributed by atoms with Gasteiger partial charge in [0.2, 0.25) is 5.76 Å². The van der Waals surface area contributed by atoms with Crippen LogP contribution in [0.4, 0.5) is 5.69 Å². The van der Waals surface area contributed by atoms with Gasteiger partial charge in [0.1, 0.15) is 17.0 Å². The van der Waals surface area contributed by atoms with Crippen LogP contribution in [0.5, 0.6) is 11.5 Å². The number of para-hydroxylation sites is 2. The van der Waals surface area contributed by atoms with Crippen LogP contribution in [0.3, 0.4) is 0 Å². The average molecular weight is 540 g/mol. The van der Waals surface area contributed by atoms with Crippen molar-refractivity contribution < 1.29 is 33.3 Å². The second kappa shape index (κ2) is 14.4. The van der Waals surface area contributed by atoms with E-state index in [1.54, 1.807) is 90.1 Å². The summed E-state index contributed by atoms with van der Waals surface area (Å²) in [5.74, 6) is -1.52. The highest BCUT2D eigenvalue weighted by molar-refractivity contribution is 6.05. The number of amides is 1. The van der Waals surface area contributed by atoms with Crippen LogP contribution in [0.15, 0.2) is 60.4 Å². The molecule has 39 heavy (non-hydrogen) atoms. The predicted molar refractivity (Wildman–Crippen MR) is 151 cm³/mol. The summed E-state index contributed by atoms with van der Waals surface area (Å²) in [6, 6.07) is 13.4. The summed E-state index contributed by atoms with van der Waals surface area (Å²) in [6.45, 7) is 13.0. The van der Waals surface area contributed by atoms with Crippen molar-refractivity contribution in [1.29, 1.82) is 0 Å². The van der Waals surface area contributed by atoms with Gasteiger partial charge in [0.25, 0.3) is 5.91 Å². The van der Waals surface area contributed by atoms with Crippen molar-refractivity contribution in [3.63, 3.8) is 0 Å². The van der Waals surface area contributed by atoms with E-state index < -0.39 is 23.1 Å². The van der Waals surface area contributed by atoms with Gasteiger partial charge >= 0.3 is 11.9 Å². The number of benzene rings is 2. The molecule has 0 unspecified atom stereocenters. The molecule has 1 amide bonds. The SMILES string of the molecule is CCCCCCOc1ccc(C(=O)Nc2ccccc2O/C(=C/C(=O)OC(C)(C)C)C(=O)OC(C)(C)C)cc1. The van der Waals surface area contributed by atoms with Gasteiger partial charge in [-0.3, -0.25) is 4.79 Å². The van der Waals surface area contributed by atoms with Crippen LogP contribution >= 0.6 is 0 Å². The van der Waals surface area contributed by atoms with Crippen LogP contribution in [0, 0.1) is 0 Å². The van der Waals surface area contributed by atoms with Gasteiger partial charge in [-0.25, -0.2) is 9.59 Å². The van der Waals surface area contributed by atoms with E-state index in [0.717, 1.165) is 18.9 Å². The van der Waals surface area contributed by atoms with E-state index >= 15 is 0 Å². The standard InChI is InChI=1S/C31H41NO7/c1-8-9-10-13-20-36-23-18-16-22(17-19-23)28(34)32-24-14-11-12-15-25(24)37-26(29(35)39-31(5,6)7)21-27(33)38-30(2,3)4/h11-12,14-19,21H,8-10,13,20H2,1-7H3,(H,32,34)/b26-21+. The first-order valence-electron chi connectivity index (χ1n) is 13.3. The Morgan fingerprint density at radius 3 is 2.08 bits per heavy atom. The minimum Gasteiger partial charge on any atom is -0.494 e. The Bertz CT molecular complexity index is 1140. The highest BCUT2D eigenvalue weighted by Crippen LogP contribution is 2.28. The van der Waals surface area contributed by atoms with Gasteiger partial charge in [-0.05, 0) is 84.4 Å². The van der Waals surface area contributed by atoms with Crippen molar-refractivity contribution in [2.75, 3.05) is 11.9 Å². The second-order valence-corrected chi connectivity index (χ2v) is 11.0. The number of carbonyl (C=O) groups is 3. The van der Waals surface area contributed by atoms with Gasteiger partial charge in [0.05, 0.1) is 18.4 Å². The van der Waals surface area contributed by atoms with Gasteiger partial charge in [-0.2, -0.15) is 0 Å². The molecule has 2 rings (SSSR count). The lowest BCUT2D eigenvalue weighted by molar-refractivity contribution is -0.154. The number of esters is 2. The topological polar surface area (TPSA) is 100 Å². The summed E-state index contributed by atoms with van der Waals surface area (Å²) < 4.78 is 22.3. The van der Waals surface area contributed by atoms with E-state index in [1.165, 1.54) is 12.8 Å². The van der Waals surface area contributed by atoms with Gasteiger partial charge in [-0.15, -0.1) is 0 Å². The summed E-state index contributed by atoms with van der Waals surface area (Å²) in [6.07, 6.45) is 5.41. The molecule has 0 saturated carbocycles. The Balaban J connectivity index is 2.18. The smallest absolute Gasteiger partial charge is 0.375 e. The number of unbranched alkanes of at least 4 members (excludes halogenated alkanes) is 3.